The fraction of sp³-hybridized carbons (Fsp3) is 0.417. The second-order valence-electron chi connectivity index (χ2n) is 4.66. The van der Waals surface area contributed by atoms with Crippen molar-refractivity contribution in [2.45, 2.75) is 27.2 Å². The maximum Gasteiger partial charge on any atom is 0.140 e. The van der Waals surface area contributed by atoms with Crippen molar-refractivity contribution in [1.29, 1.82) is 5.26 Å². The van der Waals surface area contributed by atoms with Crippen LogP contribution in [0.2, 0.25) is 0 Å². The molecule has 2 heteroatoms. The van der Waals surface area contributed by atoms with Crippen molar-refractivity contribution in [1.82, 2.24) is 0 Å². The number of nitrogens with zero attached hydrogens (tertiary/aromatic N) is 1. The lowest BCUT2D eigenvalue weighted by Crippen LogP contribution is -2.09. The molecular formula is C12H14FN. The van der Waals surface area contributed by atoms with Crippen LogP contribution in [0.3, 0.4) is 0 Å². The van der Waals surface area contributed by atoms with E-state index in [-0.39, 0.29) is 11.0 Å². The minimum absolute atomic E-state index is 0.131. The third-order valence-electron chi connectivity index (χ3n) is 1.89. The summed E-state index contributed by atoms with van der Waals surface area (Å²) in [6.07, 6.45) is 0.849. The van der Waals surface area contributed by atoms with Crippen LogP contribution in [0, 0.1) is 22.6 Å². The van der Waals surface area contributed by atoms with E-state index >= 15 is 0 Å². The average molecular weight is 191 g/mol. The van der Waals surface area contributed by atoms with E-state index in [1.807, 2.05) is 6.07 Å². The van der Waals surface area contributed by atoms with Gasteiger partial charge in [-0.3, -0.25) is 0 Å². The van der Waals surface area contributed by atoms with Crippen LogP contribution in [-0.2, 0) is 6.42 Å². The van der Waals surface area contributed by atoms with Crippen LogP contribution in [0.15, 0.2) is 18.2 Å². The summed E-state index contributed by atoms with van der Waals surface area (Å²) in [5.41, 5.74) is 1.30. The van der Waals surface area contributed by atoms with Crippen LogP contribution < -0.4 is 0 Å². The van der Waals surface area contributed by atoms with Gasteiger partial charge in [0.25, 0.3) is 0 Å². The summed E-state index contributed by atoms with van der Waals surface area (Å²) in [6, 6.07) is 6.57. The Morgan fingerprint density at radius 1 is 1.36 bits per heavy atom. The molecule has 0 N–H and O–H groups in total. The average Bonchev–Trinajstić information content (AvgIpc) is 2.06. The zero-order chi connectivity index (χ0) is 10.8. The van der Waals surface area contributed by atoms with Gasteiger partial charge in [-0.25, -0.2) is 4.39 Å². The molecule has 1 rings (SSSR count). The van der Waals surface area contributed by atoms with Gasteiger partial charge in [-0.05, 0) is 29.5 Å². The fourth-order valence-corrected chi connectivity index (χ4v) is 1.38. The Labute approximate surface area is 84.2 Å². The molecule has 0 amide bonds. The van der Waals surface area contributed by atoms with Gasteiger partial charge in [-0.15, -0.1) is 0 Å². The molecule has 0 heterocycles. The number of halogens is 1. The number of rotatable bonds is 1. The topological polar surface area (TPSA) is 23.8 Å². The Bertz CT molecular complexity index is 369. The Morgan fingerprint density at radius 2 is 2.00 bits per heavy atom. The molecule has 0 aliphatic rings. The van der Waals surface area contributed by atoms with Crippen molar-refractivity contribution in [3.8, 4) is 6.07 Å². The quantitative estimate of drug-likeness (QED) is 0.668. The first-order valence-electron chi connectivity index (χ1n) is 4.61. The van der Waals surface area contributed by atoms with E-state index in [0.29, 0.717) is 0 Å². The summed E-state index contributed by atoms with van der Waals surface area (Å²) in [5, 5.41) is 8.65. The summed E-state index contributed by atoms with van der Waals surface area (Å²) >= 11 is 0. The Kier molecular flexibility index (Phi) is 2.90. The molecule has 14 heavy (non-hydrogen) atoms. The summed E-state index contributed by atoms with van der Waals surface area (Å²) in [4.78, 5) is 0. The van der Waals surface area contributed by atoms with Crippen LogP contribution in [0.4, 0.5) is 4.39 Å². The summed E-state index contributed by atoms with van der Waals surface area (Å²) < 4.78 is 13.0. The lowest BCUT2D eigenvalue weighted by molar-refractivity contribution is 0.411. The molecule has 1 nitrogen and oxygen atoms in total. The normalized spacial score (nSPS) is 11.1. The van der Waals surface area contributed by atoms with Gasteiger partial charge in [0.15, 0.2) is 0 Å². The minimum Gasteiger partial charge on any atom is -0.206 e. The maximum absolute atomic E-state index is 13.0. The van der Waals surface area contributed by atoms with Gasteiger partial charge in [-0.1, -0.05) is 26.8 Å². The van der Waals surface area contributed by atoms with Crippen LogP contribution >= 0.6 is 0 Å². The van der Waals surface area contributed by atoms with Gasteiger partial charge in [0.2, 0.25) is 0 Å². The molecule has 0 aromatic heterocycles. The molecule has 74 valence electrons. The largest absolute Gasteiger partial charge is 0.206 e. The summed E-state index contributed by atoms with van der Waals surface area (Å²) in [5.74, 6) is -0.440. The van der Waals surface area contributed by atoms with Crippen LogP contribution in [-0.4, -0.2) is 0 Å². The maximum atomic E-state index is 13.0. The Morgan fingerprint density at radius 3 is 2.50 bits per heavy atom. The van der Waals surface area contributed by atoms with E-state index in [1.165, 1.54) is 6.07 Å². The van der Waals surface area contributed by atoms with Crippen molar-refractivity contribution in [2.75, 3.05) is 0 Å². The molecule has 1 aromatic rings. The van der Waals surface area contributed by atoms with Crippen molar-refractivity contribution in [2.24, 2.45) is 5.41 Å². The highest BCUT2D eigenvalue weighted by molar-refractivity contribution is 5.34. The van der Waals surface area contributed by atoms with Crippen LogP contribution in [0.1, 0.15) is 31.9 Å². The first-order chi connectivity index (χ1) is 6.42. The highest BCUT2D eigenvalue weighted by Crippen LogP contribution is 2.21. The third kappa shape index (κ3) is 2.85. The van der Waals surface area contributed by atoms with E-state index in [0.717, 1.165) is 12.0 Å². The molecule has 0 spiro atoms. The van der Waals surface area contributed by atoms with Crippen molar-refractivity contribution in [3.05, 3.63) is 35.1 Å². The molecule has 0 aliphatic carbocycles. The monoisotopic (exact) mass is 191 g/mol. The fourth-order valence-electron chi connectivity index (χ4n) is 1.38. The second kappa shape index (κ2) is 3.79. The predicted octanol–water partition coefficient (Wildman–Crippen LogP) is 3.29. The first kappa shape index (κ1) is 10.7. The van der Waals surface area contributed by atoms with Crippen molar-refractivity contribution in [3.63, 3.8) is 0 Å². The molecular weight excluding hydrogens is 177 g/mol. The second-order valence-corrected chi connectivity index (χ2v) is 4.66. The number of hydrogen-bond acceptors (Lipinski definition) is 1. The number of benzene rings is 1. The third-order valence-corrected chi connectivity index (χ3v) is 1.89. The van der Waals surface area contributed by atoms with Crippen molar-refractivity contribution >= 4 is 0 Å². The molecule has 0 fully saturated rings. The van der Waals surface area contributed by atoms with E-state index in [1.54, 1.807) is 12.1 Å². The SMILES string of the molecule is CC(C)(C)Cc1ccc(F)c(C#N)c1. The minimum atomic E-state index is -0.440. The van der Waals surface area contributed by atoms with Gasteiger partial charge in [0.05, 0.1) is 5.56 Å². The van der Waals surface area contributed by atoms with Gasteiger partial charge in [0, 0.05) is 0 Å². The molecule has 1 aromatic carbocycles. The van der Waals surface area contributed by atoms with Crippen molar-refractivity contribution < 1.29 is 4.39 Å². The van der Waals surface area contributed by atoms with Gasteiger partial charge in [-0.2, -0.15) is 5.26 Å². The first-order valence-corrected chi connectivity index (χ1v) is 4.61. The Hall–Kier alpha value is -1.36. The molecule has 0 aliphatic heterocycles. The number of hydrogen-bond donors (Lipinski definition) is 0. The zero-order valence-corrected chi connectivity index (χ0v) is 8.76. The molecule has 0 saturated heterocycles. The zero-order valence-electron chi connectivity index (χ0n) is 8.76. The molecule has 0 saturated carbocycles. The summed E-state index contributed by atoms with van der Waals surface area (Å²) in [6.45, 7) is 6.34. The van der Waals surface area contributed by atoms with Crippen LogP contribution in [0.25, 0.3) is 0 Å². The number of nitriles is 1. The van der Waals surface area contributed by atoms with Gasteiger partial charge in [0.1, 0.15) is 11.9 Å². The van der Waals surface area contributed by atoms with E-state index < -0.39 is 5.82 Å². The summed E-state index contributed by atoms with van der Waals surface area (Å²) in [7, 11) is 0. The van der Waals surface area contributed by atoms with Crippen LogP contribution in [0.5, 0.6) is 0 Å². The van der Waals surface area contributed by atoms with Gasteiger partial charge >= 0.3 is 0 Å². The van der Waals surface area contributed by atoms with E-state index in [9.17, 15) is 4.39 Å². The Balaban J connectivity index is 2.97. The molecule has 0 bridgehead atoms. The lowest BCUT2D eigenvalue weighted by Gasteiger charge is -2.18. The molecule has 0 atom stereocenters. The molecule has 0 unspecified atom stereocenters. The standard InChI is InChI=1S/C12H14FN/c1-12(2,3)7-9-4-5-11(13)10(6-9)8-14/h4-6H,7H2,1-3H3. The van der Waals surface area contributed by atoms with E-state index in [2.05, 4.69) is 20.8 Å². The van der Waals surface area contributed by atoms with E-state index in [4.69, 9.17) is 5.26 Å². The smallest absolute Gasteiger partial charge is 0.140 e. The highest BCUT2D eigenvalue weighted by Gasteiger charge is 2.12. The molecule has 0 radical (unpaired) electrons. The van der Waals surface area contributed by atoms with Gasteiger partial charge < -0.3 is 0 Å². The lowest BCUT2D eigenvalue weighted by atomic mass is 9.88. The predicted molar refractivity (Wildman–Crippen MR) is 54.3 cm³/mol. The highest BCUT2D eigenvalue weighted by atomic mass is 19.1.